The molecule has 36 heavy (non-hydrogen) atoms. The van der Waals surface area contributed by atoms with E-state index >= 15 is 0 Å². The van der Waals surface area contributed by atoms with Gasteiger partial charge in [0.1, 0.15) is 12.1 Å². The summed E-state index contributed by atoms with van der Waals surface area (Å²) >= 11 is 0. The highest BCUT2D eigenvalue weighted by Crippen LogP contribution is 2.21. The topological polar surface area (TPSA) is 158 Å². The number of nitrogens with one attached hydrogen (secondary N) is 2. The van der Waals surface area contributed by atoms with Crippen molar-refractivity contribution in [3.8, 4) is 0 Å². The number of amides is 2. The summed E-state index contributed by atoms with van der Waals surface area (Å²) in [5.41, 5.74) is 1.19. The third-order valence-corrected chi connectivity index (χ3v) is 5.12. The van der Waals surface area contributed by atoms with Crippen LogP contribution >= 0.6 is 0 Å². The van der Waals surface area contributed by atoms with Crippen molar-refractivity contribution in [1.29, 1.82) is 0 Å². The van der Waals surface area contributed by atoms with Crippen LogP contribution in [-0.2, 0) is 9.59 Å². The second kappa shape index (κ2) is 13.1. The molecule has 2 amide bonds. The van der Waals surface area contributed by atoms with Gasteiger partial charge in [0.05, 0.1) is 11.4 Å². The first-order valence-electron chi connectivity index (χ1n) is 11.7. The van der Waals surface area contributed by atoms with E-state index in [1.165, 1.54) is 12.1 Å². The number of benzene rings is 2. The van der Waals surface area contributed by atoms with Crippen LogP contribution in [0.3, 0.4) is 0 Å². The summed E-state index contributed by atoms with van der Waals surface area (Å²) in [5, 5.41) is 32.0. The summed E-state index contributed by atoms with van der Waals surface area (Å²) < 4.78 is 0. The van der Waals surface area contributed by atoms with Crippen LogP contribution in [0.4, 0.5) is 11.4 Å². The van der Waals surface area contributed by atoms with Crippen LogP contribution in [0.5, 0.6) is 0 Å². The Bertz CT molecular complexity index is 1040. The Labute approximate surface area is 209 Å². The van der Waals surface area contributed by atoms with Gasteiger partial charge in [0, 0.05) is 11.1 Å². The molecule has 0 aliphatic heterocycles. The van der Waals surface area contributed by atoms with Crippen molar-refractivity contribution in [2.24, 2.45) is 22.1 Å². The Morgan fingerprint density at radius 3 is 1.36 bits per heavy atom. The van der Waals surface area contributed by atoms with E-state index in [0.717, 1.165) is 0 Å². The number of carbonyl (C=O) groups is 4. The lowest BCUT2D eigenvalue weighted by Gasteiger charge is -2.16. The second-order valence-corrected chi connectivity index (χ2v) is 9.29. The minimum Gasteiger partial charge on any atom is -0.480 e. The van der Waals surface area contributed by atoms with Gasteiger partial charge in [-0.2, -0.15) is 10.2 Å². The number of hydrogen-bond donors (Lipinski definition) is 4. The normalized spacial score (nSPS) is 12.9. The summed E-state index contributed by atoms with van der Waals surface area (Å²) in [6, 6.07) is 10.5. The SMILES string of the molecule is CC(C)C[C@@H](NC(=O)c1cccc(N=Nc2cccc(C(=O)N[C@H](CC(C)C)C(=O)O)c2)c1)C(=O)O. The maximum atomic E-state index is 12.6. The number of carbonyl (C=O) groups excluding carboxylic acids is 2. The van der Waals surface area contributed by atoms with Gasteiger partial charge in [0.15, 0.2) is 0 Å². The standard InChI is InChI=1S/C26H32N4O6/c1-15(2)11-21(25(33)34)27-23(31)17-7-5-9-19(13-17)29-30-20-10-6-8-18(14-20)24(32)28-22(26(35)36)12-16(3)4/h5-10,13-16,21-22H,11-12H2,1-4H3,(H,27,31)(H,28,32)(H,33,34)(H,35,36)/t21-,22-/m1/s1. The highest BCUT2D eigenvalue weighted by molar-refractivity contribution is 5.98. The smallest absolute Gasteiger partial charge is 0.326 e. The maximum Gasteiger partial charge on any atom is 0.326 e. The number of aliphatic carboxylic acids is 2. The van der Waals surface area contributed by atoms with E-state index in [-0.39, 0.29) is 23.0 Å². The lowest BCUT2D eigenvalue weighted by Crippen LogP contribution is -2.41. The van der Waals surface area contributed by atoms with Gasteiger partial charge in [-0.15, -0.1) is 0 Å². The molecule has 4 N–H and O–H groups in total. The van der Waals surface area contributed by atoms with E-state index in [1.807, 2.05) is 27.7 Å². The van der Waals surface area contributed by atoms with E-state index < -0.39 is 35.8 Å². The molecule has 0 aliphatic rings. The van der Waals surface area contributed by atoms with Gasteiger partial charge < -0.3 is 20.8 Å². The predicted octanol–water partition coefficient (Wildman–Crippen LogP) is 4.56. The summed E-state index contributed by atoms with van der Waals surface area (Å²) in [6.07, 6.45) is 0.601. The molecule has 10 heteroatoms. The highest BCUT2D eigenvalue weighted by Gasteiger charge is 2.23. The number of carboxylic acid groups (broad SMARTS) is 2. The first-order chi connectivity index (χ1) is 17.0. The molecule has 0 unspecified atom stereocenters. The van der Waals surface area contributed by atoms with Crippen molar-refractivity contribution < 1.29 is 29.4 Å². The summed E-state index contributed by atoms with van der Waals surface area (Å²) in [7, 11) is 0. The van der Waals surface area contributed by atoms with E-state index in [9.17, 15) is 29.4 Å². The summed E-state index contributed by atoms with van der Waals surface area (Å²) in [5.74, 6) is -3.09. The largest absolute Gasteiger partial charge is 0.480 e. The van der Waals surface area contributed by atoms with Crippen LogP contribution in [-0.4, -0.2) is 46.0 Å². The van der Waals surface area contributed by atoms with Gasteiger partial charge in [-0.05, 0) is 61.1 Å². The van der Waals surface area contributed by atoms with Gasteiger partial charge in [-0.3, -0.25) is 9.59 Å². The molecule has 0 fully saturated rings. The van der Waals surface area contributed by atoms with Crippen LogP contribution in [0.15, 0.2) is 58.8 Å². The van der Waals surface area contributed by atoms with E-state index in [4.69, 9.17) is 0 Å². The maximum absolute atomic E-state index is 12.6. The molecule has 2 aromatic rings. The van der Waals surface area contributed by atoms with Gasteiger partial charge in [-0.1, -0.05) is 39.8 Å². The fourth-order valence-corrected chi connectivity index (χ4v) is 3.40. The first kappa shape index (κ1) is 28.2. The summed E-state index contributed by atoms with van der Waals surface area (Å²) in [4.78, 5) is 48.0. The molecule has 2 rings (SSSR count). The Kier molecular flexibility index (Phi) is 10.3. The van der Waals surface area contributed by atoms with Crippen molar-refractivity contribution >= 4 is 35.1 Å². The Balaban J connectivity index is 2.13. The molecule has 0 heterocycles. The lowest BCUT2D eigenvalue weighted by atomic mass is 10.0. The van der Waals surface area contributed by atoms with Gasteiger partial charge in [0.2, 0.25) is 0 Å². The number of hydrogen-bond acceptors (Lipinski definition) is 6. The minimum atomic E-state index is -1.10. The monoisotopic (exact) mass is 496 g/mol. The van der Waals surface area contributed by atoms with Crippen molar-refractivity contribution in [3.63, 3.8) is 0 Å². The molecule has 0 aliphatic carbocycles. The average molecular weight is 497 g/mol. The number of nitrogens with zero attached hydrogens (tertiary/aromatic N) is 2. The zero-order valence-electron chi connectivity index (χ0n) is 20.8. The van der Waals surface area contributed by atoms with Crippen LogP contribution in [0.2, 0.25) is 0 Å². The third-order valence-electron chi connectivity index (χ3n) is 5.12. The van der Waals surface area contributed by atoms with E-state index in [1.54, 1.807) is 36.4 Å². The second-order valence-electron chi connectivity index (χ2n) is 9.29. The molecule has 2 aromatic carbocycles. The molecule has 192 valence electrons. The molecule has 0 saturated heterocycles. The molecule has 0 aromatic heterocycles. The van der Waals surface area contributed by atoms with Crippen molar-refractivity contribution in [1.82, 2.24) is 10.6 Å². The molecule has 2 atom stereocenters. The number of azo groups is 1. The van der Waals surface area contributed by atoms with Crippen LogP contribution < -0.4 is 10.6 Å². The molecule has 10 nitrogen and oxygen atoms in total. The minimum absolute atomic E-state index is 0.0922. The molecule has 0 saturated carbocycles. The average Bonchev–Trinajstić information content (AvgIpc) is 2.81. The quantitative estimate of drug-likeness (QED) is 0.315. The number of rotatable bonds is 12. The molecule has 0 bridgehead atoms. The van der Waals surface area contributed by atoms with Crippen molar-refractivity contribution in [2.45, 2.75) is 52.6 Å². The Morgan fingerprint density at radius 1 is 0.694 bits per heavy atom. The molecule has 0 spiro atoms. The van der Waals surface area contributed by atoms with Crippen LogP contribution in [0.1, 0.15) is 61.3 Å². The van der Waals surface area contributed by atoms with Gasteiger partial charge >= 0.3 is 11.9 Å². The number of carboxylic acids is 2. The fraction of sp³-hybridized carbons (Fsp3) is 0.385. The molecular weight excluding hydrogens is 464 g/mol. The van der Waals surface area contributed by atoms with Crippen molar-refractivity contribution in [3.05, 3.63) is 59.7 Å². The van der Waals surface area contributed by atoms with Crippen molar-refractivity contribution in [2.75, 3.05) is 0 Å². The van der Waals surface area contributed by atoms with Gasteiger partial charge in [0.25, 0.3) is 11.8 Å². The molecule has 0 radical (unpaired) electrons. The predicted molar refractivity (Wildman–Crippen MR) is 134 cm³/mol. The third kappa shape index (κ3) is 8.94. The Hall–Kier alpha value is -4.08. The molecular formula is C26H32N4O6. The Morgan fingerprint density at radius 2 is 1.06 bits per heavy atom. The first-order valence-corrected chi connectivity index (χ1v) is 11.7. The van der Waals surface area contributed by atoms with Gasteiger partial charge in [-0.25, -0.2) is 9.59 Å². The summed E-state index contributed by atoms with van der Waals surface area (Å²) in [6.45, 7) is 7.49. The zero-order valence-corrected chi connectivity index (χ0v) is 20.8. The van der Waals surface area contributed by atoms with E-state index in [0.29, 0.717) is 24.2 Å². The highest BCUT2D eigenvalue weighted by atomic mass is 16.4. The fourth-order valence-electron chi connectivity index (χ4n) is 3.40. The van der Waals surface area contributed by atoms with Crippen LogP contribution in [0.25, 0.3) is 0 Å². The zero-order chi connectivity index (χ0) is 26.8. The lowest BCUT2D eigenvalue weighted by molar-refractivity contribution is -0.140. The van der Waals surface area contributed by atoms with Crippen LogP contribution in [0, 0.1) is 11.8 Å². The van der Waals surface area contributed by atoms with E-state index in [2.05, 4.69) is 20.9 Å².